The van der Waals surface area contributed by atoms with E-state index in [2.05, 4.69) is 41.4 Å². The first-order valence-corrected chi connectivity index (χ1v) is 8.01. The van der Waals surface area contributed by atoms with Gasteiger partial charge in [-0.05, 0) is 24.5 Å². The van der Waals surface area contributed by atoms with E-state index in [0.29, 0.717) is 17.4 Å². The van der Waals surface area contributed by atoms with Crippen molar-refractivity contribution >= 4 is 27.9 Å². The molecule has 22 heavy (non-hydrogen) atoms. The molecule has 0 saturated carbocycles. The number of anilines is 1. The van der Waals surface area contributed by atoms with Crippen LogP contribution in [0.2, 0.25) is 0 Å². The van der Waals surface area contributed by atoms with Gasteiger partial charge in [0.05, 0.1) is 5.52 Å². The average Bonchev–Trinajstić information content (AvgIpc) is 2.84. The van der Waals surface area contributed by atoms with Crippen molar-refractivity contribution in [3.63, 3.8) is 0 Å². The summed E-state index contributed by atoms with van der Waals surface area (Å²) in [6.45, 7) is 7.58. The molecule has 3 heterocycles. The molecule has 3 aromatic rings. The van der Waals surface area contributed by atoms with Gasteiger partial charge in [0, 0.05) is 24.5 Å². The fourth-order valence-corrected chi connectivity index (χ4v) is 2.88. The Balaban J connectivity index is 2.32. The number of aryl methyl sites for hydroxylation is 1. The molecule has 0 aliphatic heterocycles. The lowest BCUT2D eigenvalue weighted by Crippen LogP contribution is -2.09. The smallest absolute Gasteiger partial charge is 0.163 e. The second-order valence-electron chi connectivity index (χ2n) is 6.20. The summed E-state index contributed by atoms with van der Waals surface area (Å²) in [5.74, 6) is 2.12. The predicted molar refractivity (Wildman–Crippen MR) is 90.7 cm³/mol. The maximum atomic E-state index is 6.14. The van der Waals surface area contributed by atoms with Crippen LogP contribution in [-0.4, -0.2) is 19.5 Å². The van der Waals surface area contributed by atoms with E-state index in [1.165, 1.54) is 0 Å². The molecule has 0 amide bonds. The Morgan fingerprint density at radius 2 is 2.09 bits per heavy atom. The number of hydrogen-bond donors (Lipinski definition) is 1. The Morgan fingerprint density at radius 3 is 2.82 bits per heavy atom. The summed E-state index contributed by atoms with van der Waals surface area (Å²) < 4.78 is 2.32. The molecule has 0 fully saturated rings. The zero-order valence-electron chi connectivity index (χ0n) is 13.5. The SMILES string of the molecule is CCCCc1nc2c(N)nc3ncccc3c2n1CC(C)C. The van der Waals surface area contributed by atoms with Gasteiger partial charge in [-0.1, -0.05) is 27.2 Å². The maximum Gasteiger partial charge on any atom is 0.163 e. The van der Waals surface area contributed by atoms with Crippen LogP contribution in [-0.2, 0) is 13.0 Å². The van der Waals surface area contributed by atoms with Gasteiger partial charge in [0.2, 0.25) is 0 Å². The first-order chi connectivity index (χ1) is 10.6. The van der Waals surface area contributed by atoms with Crippen molar-refractivity contribution in [1.82, 2.24) is 19.5 Å². The minimum atomic E-state index is 0.474. The molecule has 3 aromatic heterocycles. The highest BCUT2D eigenvalue weighted by molar-refractivity contribution is 6.05. The number of unbranched alkanes of at least 4 members (excludes halogenated alkanes) is 1. The molecule has 0 saturated heterocycles. The number of aromatic nitrogens is 4. The average molecular weight is 297 g/mol. The summed E-state index contributed by atoms with van der Waals surface area (Å²) in [5, 5.41) is 1.03. The minimum absolute atomic E-state index is 0.474. The largest absolute Gasteiger partial charge is 0.382 e. The number of pyridine rings is 2. The summed E-state index contributed by atoms with van der Waals surface area (Å²) >= 11 is 0. The fraction of sp³-hybridized carbons (Fsp3) is 0.471. The Bertz CT molecular complexity index is 804. The molecular weight excluding hydrogens is 274 g/mol. The topological polar surface area (TPSA) is 69.6 Å². The highest BCUT2D eigenvalue weighted by Gasteiger charge is 2.17. The van der Waals surface area contributed by atoms with E-state index in [1.807, 2.05) is 6.07 Å². The van der Waals surface area contributed by atoms with Crippen molar-refractivity contribution in [1.29, 1.82) is 0 Å². The summed E-state index contributed by atoms with van der Waals surface area (Å²) in [7, 11) is 0. The van der Waals surface area contributed by atoms with E-state index in [1.54, 1.807) is 6.20 Å². The zero-order valence-corrected chi connectivity index (χ0v) is 13.5. The van der Waals surface area contributed by atoms with E-state index in [0.717, 1.165) is 48.1 Å². The predicted octanol–water partition coefficient (Wildman–Crippen LogP) is 3.56. The highest BCUT2D eigenvalue weighted by atomic mass is 15.1. The van der Waals surface area contributed by atoms with Crippen LogP contribution in [0.15, 0.2) is 18.3 Å². The molecule has 0 unspecified atom stereocenters. The van der Waals surface area contributed by atoms with Crippen molar-refractivity contribution in [3.8, 4) is 0 Å². The molecule has 0 radical (unpaired) electrons. The van der Waals surface area contributed by atoms with Crippen LogP contribution < -0.4 is 5.73 Å². The fourth-order valence-electron chi connectivity index (χ4n) is 2.88. The van der Waals surface area contributed by atoms with Gasteiger partial charge in [-0.2, -0.15) is 0 Å². The number of hydrogen-bond acceptors (Lipinski definition) is 4. The molecule has 3 rings (SSSR count). The van der Waals surface area contributed by atoms with Gasteiger partial charge in [0.25, 0.3) is 0 Å². The number of rotatable bonds is 5. The number of imidazole rings is 1. The third kappa shape index (κ3) is 2.51. The van der Waals surface area contributed by atoms with Crippen molar-refractivity contribution in [2.24, 2.45) is 5.92 Å². The summed E-state index contributed by atoms with van der Waals surface area (Å²) in [4.78, 5) is 13.6. The van der Waals surface area contributed by atoms with Gasteiger partial charge < -0.3 is 10.3 Å². The monoisotopic (exact) mass is 297 g/mol. The van der Waals surface area contributed by atoms with Gasteiger partial charge in [-0.15, -0.1) is 0 Å². The summed E-state index contributed by atoms with van der Waals surface area (Å²) in [6.07, 6.45) is 5.01. The van der Waals surface area contributed by atoms with E-state index in [4.69, 9.17) is 10.7 Å². The van der Waals surface area contributed by atoms with E-state index >= 15 is 0 Å². The second-order valence-corrected chi connectivity index (χ2v) is 6.20. The van der Waals surface area contributed by atoms with Gasteiger partial charge in [-0.3, -0.25) is 0 Å². The molecule has 116 valence electrons. The Kier molecular flexibility index (Phi) is 3.96. The van der Waals surface area contributed by atoms with Crippen molar-refractivity contribution in [2.45, 2.75) is 46.6 Å². The van der Waals surface area contributed by atoms with Gasteiger partial charge in [0.15, 0.2) is 11.5 Å². The molecular formula is C17H23N5. The normalized spacial score (nSPS) is 11.8. The first kappa shape index (κ1) is 14.8. The van der Waals surface area contributed by atoms with E-state index in [9.17, 15) is 0 Å². The van der Waals surface area contributed by atoms with Gasteiger partial charge in [-0.25, -0.2) is 15.0 Å². The van der Waals surface area contributed by atoms with E-state index in [-0.39, 0.29) is 0 Å². The quantitative estimate of drug-likeness (QED) is 0.781. The minimum Gasteiger partial charge on any atom is -0.382 e. The zero-order chi connectivity index (χ0) is 15.7. The molecule has 2 N–H and O–H groups in total. The number of fused-ring (bicyclic) bond motifs is 3. The second kappa shape index (κ2) is 5.91. The third-order valence-electron chi connectivity index (χ3n) is 3.86. The lowest BCUT2D eigenvalue weighted by Gasteiger charge is -2.12. The number of nitrogens with zero attached hydrogens (tertiary/aromatic N) is 4. The van der Waals surface area contributed by atoms with Crippen molar-refractivity contribution in [3.05, 3.63) is 24.2 Å². The summed E-state index contributed by atoms with van der Waals surface area (Å²) in [5.41, 5.74) is 8.72. The van der Waals surface area contributed by atoms with Crippen LogP contribution >= 0.6 is 0 Å². The Labute approximate surface area is 130 Å². The first-order valence-electron chi connectivity index (χ1n) is 8.01. The Morgan fingerprint density at radius 1 is 1.27 bits per heavy atom. The van der Waals surface area contributed by atoms with Crippen molar-refractivity contribution in [2.75, 3.05) is 5.73 Å². The Hall–Kier alpha value is -2.17. The number of nitrogens with two attached hydrogens (primary N) is 1. The molecule has 0 bridgehead atoms. The van der Waals surface area contributed by atoms with Crippen LogP contribution in [0.3, 0.4) is 0 Å². The molecule has 0 spiro atoms. The highest BCUT2D eigenvalue weighted by Crippen LogP contribution is 2.29. The third-order valence-corrected chi connectivity index (χ3v) is 3.86. The van der Waals surface area contributed by atoms with Crippen LogP contribution in [0.4, 0.5) is 5.82 Å². The molecule has 0 aromatic carbocycles. The molecule has 5 nitrogen and oxygen atoms in total. The van der Waals surface area contributed by atoms with Gasteiger partial charge >= 0.3 is 0 Å². The standard InChI is InChI=1S/C17H23N5/c1-4-5-8-13-20-14-15(22(13)10-11(2)3)12-7-6-9-19-17(12)21-16(14)18/h6-7,9,11H,4-5,8,10H2,1-3H3,(H2,18,19,21). The molecule has 0 aliphatic rings. The van der Waals surface area contributed by atoms with Crippen LogP contribution in [0.5, 0.6) is 0 Å². The van der Waals surface area contributed by atoms with Crippen LogP contribution in [0.25, 0.3) is 22.1 Å². The lowest BCUT2D eigenvalue weighted by atomic mass is 10.2. The molecule has 0 atom stereocenters. The molecule has 5 heteroatoms. The lowest BCUT2D eigenvalue weighted by molar-refractivity contribution is 0.513. The van der Waals surface area contributed by atoms with Crippen LogP contribution in [0.1, 0.15) is 39.4 Å². The number of nitrogen functional groups attached to an aromatic ring is 1. The maximum absolute atomic E-state index is 6.14. The van der Waals surface area contributed by atoms with Crippen LogP contribution in [0, 0.1) is 5.92 Å². The summed E-state index contributed by atoms with van der Waals surface area (Å²) in [6, 6.07) is 4.00. The van der Waals surface area contributed by atoms with Crippen molar-refractivity contribution < 1.29 is 0 Å². The van der Waals surface area contributed by atoms with E-state index < -0.39 is 0 Å². The van der Waals surface area contributed by atoms with Gasteiger partial charge in [0.1, 0.15) is 11.3 Å². The molecule has 0 aliphatic carbocycles.